The highest BCUT2D eigenvalue weighted by atomic mass is 35.5. The SMILES string of the molecule is O=C(Cc1ccc(-c2ccccc2)cc1)Nc1cccc(-c2csc(-c3ccc(Cl)cc3)n2)c1. The molecule has 1 aromatic heterocycles. The summed E-state index contributed by atoms with van der Waals surface area (Å²) in [6.07, 6.45) is 0.316. The third kappa shape index (κ3) is 5.25. The zero-order valence-electron chi connectivity index (χ0n) is 18.2. The number of hydrogen-bond acceptors (Lipinski definition) is 3. The van der Waals surface area contributed by atoms with Gasteiger partial charge in [-0.05, 0) is 41.0 Å². The molecule has 5 heteroatoms. The van der Waals surface area contributed by atoms with Gasteiger partial charge in [0.15, 0.2) is 0 Å². The summed E-state index contributed by atoms with van der Waals surface area (Å²) in [6, 6.07) is 33.8. The van der Waals surface area contributed by atoms with Gasteiger partial charge in [0.2, 0.25) is 5.91 Å². The Bertz CT molecular complexity index is 1410. The van der Waals surface area contributed by atoms with Gasteiger partial charge in [-0.25, -0.2) is 4.98 Å². The van der Waals surface area contributed by atoms with Crippen LogP contribution >= 0.6 is 22.9 Å². The highest BCUT2D eigenvalue weighted by Gasteiger charge is 2.09. The molecular weight excluding hydrogens is 460 g/mol. The fourth-order valence-electron chi connectivity index (χ4n) is 3.72. The maximum atomic E-state index is 12.7. The Morgan fingerprint density at radius 2 is 1.44 bits per heavy atom. The maximum absolute atomic E-state index is 12.7. The first-order valence-electron chi connectivity index (χ1n) is 10.9. The average Bonchev–Trinajstić information content (AvgIpc) is 3.36. The summed E-state index contributed by atoms with van der Waals surface area (Å²) in [5.41, 5.74) is 6.90. The Hall–Kier alpha value is -3.73. The van der Waals surface area contributed by atoms with Crippen molar-refractivity contribution >= 4 is 34.5 Å². The standard InChI is InChI=1S/C29H21ClN2OS/c30-25-15-13-23(14-16-25)29-32-27(19-34-29)24-7-4-8-26(18-24)31-28(33)17-20-9-11-22(12-10-20)21-5-2-1-3-6-21/h1-16,18-19H,17H2,(H,31,33). The summed E-state index contributed by atoms with van der Waals surface area (Å²) < 4.78 is 0. The summed E-state index contributed by atoms with van der Waals surface area (Å²) in [5.74, 6) is -0.0512. The monoisotopic (exact) mass is 480 g/mol. The Balaban J connectivity index is 1.25. The Morgan fingerprint density at radius 1 is 0.765 bits per heavy atom. The molecule has 0 atom stereocenters. The first-order valence-corrected chi connectivity index (χ1v) is 12.2. The number of halogens is 1. The number of carbonyl (C=O) groups excluding carboxylic acids is 1. The number of anilines is 1. The molecule has 1 heterocycles. The van der Waals surface area contributed by atoms with E-state index in [0.717, 1.165) is 44.2 Å². The van der Waals surface area contributed by atoms with E-state index in [2.05, 4.69) is 29.6 Å². The summed E-state index contributed by atoms with van der Waals surface area (Å²) in [4.78, 5) is 17.4. The Labute approximate surface area is 207 Å². The molecule has 0 aliphatic carbocycles. The van der Waals surface area contributed by atoms with E-state index in [1.165, 1.54) is 0 Å². The minimum Gasteiger partial charge on any atom is -0.326 e. The topological polar surface area (TPSA) is 42.0 Å². The third-order valence-corrected chi connectivity index (χ3v) is 6.61. The molecule has 0 unspecified atom stereocenters. The lowest BCUT2D eigenvalue weighted by atomic mass is 10.0. The van der Waals surface area contributed by atoms with Crippen molar-refractivity contribution in [2.45, 2.75) is 6.42 Å². The molecule has 0 bridgehead atoms. The molecule has 0 saturated heterocycles. The van der Waals surface area contributed by atoms with Gasteiger partial charge in [0.25, 0.3) is 0 Å². The number of hydrogen-bond donors (Lipinski definition) is 1. The second-order valence-corrected chi connectivity index (χ2v) is 9.21. The van der Waals surface area contributed by atoms with Gasteiger partial charge in [-0.1, -0.05) is 90.5 Å². The van der Waals surface area contributed by atoms with E-state index in [0.29, 0.717) is 11.4 Å². The molecule has 0 fully saturated rings. The van der Waals surface area contributed by atoms with Gasteiger partial charge in [-0.3, -0.25) is 4.79 Å². The fourth-order valence-corrected chi connectivity index (χ4v) is 4.69. The minimum absolute atomic E-state index is 0.0512. The lowest BCUT2D eigenvalue weighted by molar-refractivity contribution is -0.115. The zero-order chi connectivity index (χ0) is 23.3. The van der Waals surface area contributed by atoms with Crippen LogP contribution in [0.15, 0.2) is 109 Å². The summed E-state index contributed by atoms with van der Waals surface area (Å²) in [6.45, 7) is 0. The van der Waals surface area contributed by atoms with Crippen LogP contribution in [-0.4, -0.2) is 10.9 Å². The highest BCUT2D eigenvalue weighted by Crippen LogP contribution is 2.30. The van der Waals surface area contributed by atoms with Crippen LogP contribution in [0.2, 0.25) is 5.02 Å². The molecule has 0 spiro atoms. The first kappa shape index (κ1) is 22.1. The molecule has 0 aliphatic rings. The molecule has 4 aromatic carbocycles. The molecule has 5 aromatic rings. The van der Waals surface area contributed by atoms with E-state index in [-0.39, 0.29) is 5.91 Å². The number of carbonyl (C=O) groups is 1. The lowest BCUT2D eigenvalue weighted by Crippen LogP contribution is -2.14. The lowest BCUT2D eigenvalue weighted by Gasteiger charge is -2.08. The van der Waals surface area contributed by atoms with Crippen molar-refractivity contribution in [3.63, 3.8) is 0 Å². The summed E-state index contributed by atoms with van der Waals surface area (Å²) >= 11 is 7.57. The molecule has 5 rings (SSSR count). The predicted octanol–water partition coefficient (Wildman–Crippen LogP) is 7.98. The molecule has 3 nitrogen and oxygen atoms in total. The highest BCUT2D eigenvalue weighted by molar-refractivity contribution is 7.13. The van der Waals surface area contributed by atoms with Crippen molar-refractivity contribution in [3.05, 3.63) is 119 Å². The Morgan fingerprint density at radius 3 is 2.21 bits per heavy atom. The number of aromatic nitrogens is 1. The van der Waals surface area contributed by atoms with Crippen LogP contribution in [-0.2, 0) is 11.2 Å². The third-order valence-electron chi connectivity index (χ3n) is 5.46. The van der Waals surface area contributed by atoms with Crippen LogP contribution in [0.3, 0.4) is 0 Å². The number of thiazole rings is 1. The molecule has 0 radical (unpaired) electrons. The van der Waals surface area contributed by atoms with E-state index in [1.54, 1.807) is 11.3 Å². The van der Waals surface area contributed by atoms with Crippen molar-refractivity contribution < 1.29 is 4.79 Å². The number of nitrogens with zero attached hydrogens (tertiary/aromatic N) is 1. The average molecular weight is 481 g/mol. The second-order valence-electron chi connectivity index (χ2n) is 7.91. The van der Waals surface area contributed by atoms with E-state index in [1.807, 2.05) is 84.2 Å². The number of amides is 1. The van der Waals surface area contributed by atoms with Crippen molar-refractivity contribution in [3.8, 4) is 33.0 Å². The minimum atomic E-state index is -0.0512. The quantitative estimate of drug-likeness (QED) is 0.267. The van der Waals surface area contributed by atoms with Crippen LogP contribution in [0.5, 0.6) is 0 Å². The van der Waals surface area contributed by atoms with E-state index < -0.39 is 0 Å². The first-order chi connectivity index (χ1) is 16.6. The van der Waals surface area contributed by atoms with E-state index >= 15 is 0 Å². The molecule has 1 amide bonds. The van der Waals surface area contributed by atoms with Crippen molar-refractivity contribution in [1.29, 1.82) is 0 Å². The summed E-state index contributed by atoms with van der Waals surface area (Å²) in [5, 5.41) is 6.68. The molecule has 1 N–H and O–H groups in total. The molecule has 0 saturated carbocycles. The zero-order valence-corrected chi connectivity index (χ0v) is 19.8. The normalized spacial score (nSPS) is 10.7. The van der Waals surface area contributed by atoms with Crippen LogP contribution in [0, 0.1) is 0 Å². The van der Waals surface area contributed by atoms with Gasteiger partial charge in [0.05, 0.1) is 12.1 Å². The molecule has 34 heavy (non-hydrogen) atoms. The number of benzene rings is 4. The second kappa shape index (κ2) is 10.0. The molecule has 0 aliphatic heterocycles. The van der Waals surface area contributed by atoms with Gasteiger partial charge in [-0.15, -0.1) is 11.3 Å². The van der Waals surface area contributed by atoms with Gasteiger partial charge in [0, 0.05) is 27.2 Å². The number of rotatable bonds is 6. The predicted molar refractivity (Wildman–Crippen MR) is 142 cm³/mol. The fraction of sp³-hybridized carbons (Fsp3) is 0.0345. The van der Waals surface area contributed by atoms with Gasteiger partial charge in [-0.2, -0.15) is 0 Å². The van der Waals surface area contributed by atoms with E-state index in [4.69, 9.17) is 16.6 Å². The van der Waals surface area contributed by atoms with Crippen molar-refractivity contribution in [2.24, 2.45) is 0 Å². The van der Waals surface area contributed by atoms with Crippen molar-refractivity contribution in [2.75, 3.05) is 5.32 Å². The van der Waals surface area contributed by atoms with Gasteiger partial charge >= 0.3 is 0 Å². The van der Waals surface area contributed by atoms with Gasteiger partial charge < -0.3 is 5.32 Å². The van der Waals surface area contributed by atoms with Gasteiger partial charge in [0.1, 0.15) is 5.01 Å². The molecule has 166 valence electrons. The largest absolute Gasteiger partial charge is 0.326 e. The van der Waals surface area contributed by atoms with E-state index in [9.17, 15) is 4.79 Å². The van der Waals surface area contributed by atoms with Crippen LogP contribution < -0.4 is 5.32 Å². The summed E-state index contributed by atoms with van der Waals surface area (Å²) in [7, 11) is 0. The van der Waals surface area contributed by atoms with Crippen LogP contribution in [0.4, 0.5) is 5.69 Å². The number of nitrogens with one attached hydrogen (secondary N) is 1. The maximum Gasteiger partial charge on any atom is 0.228 e. The Kier molecular flexibility index (Phi) is 6.52. The smallest absolute Gasteiger partial charge is 0.228 e. The van der Waals surface area contributed by atoms with Crippen LogP contribution in [0.1, 0.15) is 5.56 Å². The molecular formula is C29H21ClN2OS. The van der Waals surface area contributed by atoms with Crippen molar-refractivity contribution in [1.82, 2.24) is 4.98 Å². The van der Waals surface area contributed by atoms with Crippen LogP contribution in [0.25, 0.3) is 33.0 Å².